The van der Waals surface area contributed by atoms with Gasteiger partial charge in [0, 0.05) is 18.2 Å². The van der Waals surface area contributed by atoms with E-state index >= 15 is 0 Å². The molecular weight excluding hydrogens is 237 g/mol. The summed E-state index contributed by atoms with van der Waals surface area (Å²) in [5, 5.41) is 9.57. The summed E-state index contributed by atoms with van der Waals surface area (Å²) < 4.78 is 23.9. The molecule has 102 valence electrons. The Balaban J connectivity index is 2.41. The number of nitrogens with two attached hydrogens (primary N) is 1. The molecule has 1 aromatic rings. The van der Waals surface area contributed by atoms with E-state index in [1.165, 1.54) is 6.07 Å². The Morgan fingerprint density at radius 3 is 2.61 bits per heavy atom. The normalized spacial score (nSPS) is 12.8. The predicted octanol–water partition coefficient (Wildman–Crippen LogP) is 1.45. The summed E-state index contributed by atoms with van der Waals surface area (Å²) in [4.78, 5) is 0. The molecule has 0 aliphatic carbocycles. The molecule has 0 radical (unpaired) electrons. The highest BCUT2D eigenvalue weighted by Crippen LogP contribution is 2.16. The lowest BCUT2D eigenvalue weighted by Crippen LogP contribution is -2.25. The molecular formula is C13H20FNO3. The van der Waals surface area contributed by atoms with E-state index in [0.29, 0.717) is 11.3 Å². The molecule has 0 spiro atoms. The second kappa shape index (κ2) is 7.31. The van der Waals surface area contributed by atoms with Crippen molar-refractivity contribution in [2.45, 2.75) is 32.6 Å². The number of hydrogen-bond donors (Lipinski definition) is 2. The van der Waals surface area contributed by atoms with E-state index < -0.39 is 11.9 Å². The number of halogens is 1. The molecule has 1 atom stereocenters. The van der Waals surface area contributed by atoms with Crippen molar-refractivity contribution in [3.63, 3.8) is 0 Å². The van der Waals surface area contributed by atoms with Crippen molar-refractivity contribution in [1.82, 2.24) is 0 Å². The molecule has 5 heteroatoms. The van der Waals surface area contributed by atoms with Gasteiger partial charge >= 0.3 is 0 Å². The molecule has 1 rings (SSSR count). The zero-order valence-electron chi connectivity index (χ0n) is 10.7. The highest BCUT2D eigenvalue weighted by atomic mass is 19.1. The molecule has 0 aliphatic rings. The van der Waals surface area contributed by atoms with E-state index in [1.54, 1.807) is 12.1 Å². The summed E-state index contributed by atoms with van der Waals surface area (Å²) in [6.07, 6.45) is -0.675. The minimum absolute atomic E-state index is 0.0564. The topological polar surface area (TPSA) is 64.7 Å². The van der Waals surface area contributed by atoms with Gasteiger partial charge in [-0.1, -0.05) is 6.07 Å². The highest BCUT2D eigenvalue weighted by molar-refractivity contribution is 5.28. The maximum atomic E-state index is 13.4. The van der Waals surface area contributed by atoms with Crippen LogP contribution in [0.1, 0.15) is 19.4 Å². The molecule has 0 saturated carbocycles. The molecule has 4 nitrogen and oxygen atoms in total. The Kier molecular flexibility index (Phi) is 6.04. The SMILES string of the molecule is CC(C)OCC(O)COc1ccc(CN)c(F)c1. The van der Waals surface area contributed by atoms with Crippen LogP contribution in [0.2, 0.25) is 0 Å². The van der Waals surface area contributed by atoms with Gasteiger partial charge in [0.1, 0.15) is 24.3 Å². The quantitative estimate of drug-likeness (QED) is 0.776. The van der Waals surface area contributed by atoms with Crippen LogP contribution in [0.4, 0.5) is 4.39 Å². The van der Waals surface area contributed by atoms with E-state index in [9.17, 15) is 9.50 Å². The van der Waals surface area contributed by atoms with Crippen molar-refractivity contribution < 1.29 is 19.0 Å². The molecule has 1 unspecified atom stereocenters. The lowest BCUT2D eigenvalue weighted by Gasteiger charge is -2.14. The first-order valence-corrected chi connectivity index (χ1v) is 5.94. The smallest absolute Gasteiger partial charge is 0.131 e. The van der Waals surface area contributed by atoms with Crippen LogP contribution < -0.4 is 10.5 Å². The van der Waals surface area contributed by atoms with Crippen LogP contribution in [0.3, 0.4) is 0 Å². The molecule has 3 N–H and O–H groups in total. The molecule has 0 aromatic heterocycles. The summed E-state index contributed by atoms with van der Waals surface area (Å²) in [6, 6.07) is 4.46. The number of hydrogen-bond acceptors (Lipinski definition) is 4. The molecule has 0 heterocycles. The summed E-state index contributed by atoms with van der Waals surface area (Å²) in [7, 11) is 0. The van der Waals surface area contributed by atoms with Crippen LogP contribution in [0.25, 0.3) is 0 Å². The van der Waals surface area contributed by atoms with Crippen molar-refractivity contribution in [3.8, 4) is 5.75 Å². The van der Waals surface area contributed by atoms with Crippen LogP contribution in [0, 0.1) is 5.82 Å². The van der Waals surface area contributed by atoms with Crippen molar-refractivity contribution in [2.24, 2.45) is 5.73 Å². The molecule has 0 amide bonds. The van der Waals surface area contributed by atoms with Gasteiger partial charge in [-0.15, -0.1) is 0 Å². The molecule has 0 fully saturated rings. The van der Waals surface area contributed by atoms with Gasteiger partial charge in [0.2, 0.25) is 0 Å². The zero-order valence-corrected chi connectivity index (χ0v) is 10.7. The van der Waals surface area contributed by atoms with Crippen molar-refractivity contribution in [1.29, 1.82) is 0 Å². The predicted molar refractivity (Wildman–Crippen MR) is 66.9 cm³/mol. The molecule has 0 aliphatic heterocycles. The number of aliphatic hydroxyl groups excluding tert-OH is 1. The van der Waals surface area contributed by atoms with Gasteiger partial charge in [-0.3, -0.25) is 0 Å². The Morgan fingerprint density at radius 1 is 1.33 bits per heavy atom. The van der Waals surface area contributed by atoms with E-state index in [4.69, 9.17) is 15.2 Å². The van der Waals surface area contributed by atoms with Gasteiger partial charge < -0.3 is 20.3 Å². The van der Waals surface area contributed by atoms with Crippen molar-refractivity contribution in [2.75, 3.05) is 13.2 Å². The second-order valence-corrected chi connectivity index (χ2v) is 4.30. The van der Waals surface area contributed by atoms with Gasteiger partial charge in [-0.2, -0.15) is 0 Å². The van der Waals surface area contributed by atoms with Gasteiger partial charge in [0.05, 0.1) is 12.7 Å². The standard InChI is InChI=1S/C13H20FNO3/c1-9(2)17-7-11(16)8-18-12-4-3-10(6-15)13(14)5-12/h3-5,9,11,16H,6-8,15H2,1-2H3. The van der Waals surface area contributed by atoms with E-state index in [1.807, 2.05) is 13.8 Å². The maximum absolute atomic E-state index is 13.4. The fourth-order valence-corrected chi connectivity index (χ4v) is 1.33. The largest absolute Gasteiger partial charge is 0.491 e. The summed E-state index contributed by atoms with van der Waals surface area (Å²) in [5.41, 5.74) is 5.79. The second-order valence-electron chi connectivity index (χ2n) is 4.30. The molecule has 0 saturated heterocycles. The number of rotatable bonds is 7. The third kappa shape index (κ3) is 5.00. The van der Waals surface area contributed by atoms with Crippen LogP contribution >= 0.6 is 0 Å². The first-order chi connectivity index (χ1) is 8.52. The van der Waals surface area contributed by atoms with Crippen LogP contribution in [0.5, 0.6) is 5.75 Å². The molecule has 1 aromatic carbocycles. The number of aliphatic hydroxyl groups is 1. The lowest BCUT2D eigenvalue weighted by molar-refractivity contribution is -0.0123. The first-order valence-electron chi connectivity index (χ1n) is 5.94. The van der Waals surface area contributed by atoms with E-state index in [2.05, 4.69) is 0 Å². The first kappa shape index (κ1) is 14.9. The van der Waals surface area contributed by atoms with Crippen LogP contribution in [0.15, 0.2) is 18.2 Å². The monoisotopic (exact) mass is 257 g/mol. The summed E-state index contributed by atoms with van der Waals surface area (Å²) in [6.45, 7) is 4.18. The Hall–Kier alpha value is -1.17. The van der Waals surface area contributed by atoms with Gasteiger partial charge in [-0.25, -0.2) is 4.39 Å². The van der Waals surface area contributed by atoms with Gasteiger partial charge in [0.25, 0.3) is 0 Å². The molecule has 18 heavy (non-hydrogen) atoms. The highest BCUT2D eigenvalue weighted by Gasteiger charge is 2.08. The molecule has 0 bridgehead atoms. The van der Waals surface area contributed by atoms with Crippen LogP contribution in [-0.2, 0) is 11.3 Å². The summed E-state index contributed by atoms with van der Waals surface area (Å²) in [5.74, 6) is -0.0313. The van der Waals surface area contributed by atoms with E-state index in [-0.39, 0.29) is 25.9 Å². The Bertz CT molecular complexity index is 371. The average molecular weight is 257 g/mol. The van der Waals surface area contributed by atoms with E-state index in [0.717, 1.165) is 0 Å². The minimum atomic E-state index is -0.732. The Morgan fingerprint density at radius 2 is 2.06 bits per heavy atom. The summed E-state index contributed by atoms with van der Waals surface area (Å²) >= 11 is 0. The third-order valence-corrected chi connectivity index (χ3v) is 2.31. The van der Waals surface area contributed by atoms with Gasteiger partial charge in [0.15, 0.2) is 0 Å². The number of ether oxygens (including phenoxy) is 2. The maximum Gasteiger partial charge on any atom is 0.131 e. The fourth-order valence-electron chi connectivity index (χ4n) is 1.33. The van der Waals surface area contributed by atoms with Gasteiger partial charge in [-0.05, 0) is 19.9 Å². The van der Waals surface area contributed by atoms with Crippen LogP contribution in [-0.4, -0.2) is 30.5 Å². The zero-order chi connectivity index (χ0) is 13.5. The minimum Gasteiger partial charge on any atom is -0.491 e. The van der Waals surface area contributed by atoms with Crippen molar-refractivity contribution >= 4 is 0 Å². The third-order valence-electron chi connectivity index (χ3n) is 2.31. The lowest BCUT2D eigenvalue weighted by atomic mass is 10.2. The van der Waals surface area contributed by atoms with Crippen molar-refractivity contribution in [3.05, 3.63) is 29.6 Å². The average Bonchev–Trinajstić information content (AvgIpc) is 2.34. The number of benzene rings is 1. The Labute approximate surface area is 107 Å². The fraction of sp³-hybridized carbons (Fsp3) is 0.538.